The molecule has 0 aliphatic carbocycles. The molecule has 0 aromatic carbocycles. The number of nitrogens with zero attached hydrogens (tertiary/aromatic N) is 1. The Morgan fingerprint density at radius 2 is 2.31 bits per heavy atom. The fourth-order valence-corrected chi connectivity index (χ4v) is 1.68. The Bertz CT molecular complexity index is 260. The van der Waals surface area contributed by atoms with Crippen molar-refractivity contribution >= 4 is 11.8 Å². The van der Waals surface area contributed by atoms with E-state index in [1.807, 2.05) is 19.9 Å². The van der Waals surface area contributed by atoms with E-state index in [9.17, 15) is 5.11 Å². The molecule has 0 aliphatic rings. The van der Waals surface area contributed by atoms with Crippen molar-refractivity contribution in [2.75, 3.05) is 0 Å². The summed E-state index contributed by atoms with van der Waals surface area (Å²) in [5, 5.41) is 13.3. The molecule has 2 unspecified atom stereocenters. The van der Waals surface area contributed by atoms with Crippen molar-refractivity contribution in [3.05, 3.63) is 17.5 Å². The van der Waals surface area contributed by atoms with Gasteiger partial charge in [-0.1, -0.05) is 12.1 Å². The third-order valence-electron chi connectivity index (χ3n) is 1.84. The lowest BCUT2D eigenvalue weighted by atomic mass is 10.3. The molecule has 1 aromatic heterocycles. The third-order valence-corrected chi connectivity index (χ3v) is 3.22. The second kappa shape index (κ2) is 4.67. The van der Waals surface area contributed by atoms with E-state index in [0.29, 0.717) is 0 Å². The smallest absolute Gasteiger partial charge is 0.146 e. The standard InChI is InChI=1S/C9H15NO2S/c1-6-4-9(12-10-6)5-13-8(3)7(2)11/h4,7-8,11H,5H2,1-3H3. The zero-order valence-electron chi connectivity index (χ0n) is 8.15. The number of aliphatic hydroxyl groups excluding tert-OH is 1. The first-order chi connectivity index (χ1) is 6.09. The molecule has 1 rings (SSSR count). The lowest BCUT2D eigenvalue weighted by Gasteiger charge is -2.12. The van der Waals surface area contributed by atoms with E-state index in [1.165, 1.54) is 0 Å². The van der Waals surface area contributed by atoms with Crippen molar-refractivity contribution in [1.82, 2.24) is 5.16 Å². The summed E-state index contributed by atoms with van der Waals surface area (Å²) in [6.45, 7) is 5.69. The first kappa shape index (κ1) is 10.6. The van der Waals surface area contributed by atoms with Gasteiger partial charge in [-0.25, -0.2) is 0 Å². The van der Waals surface area contributed by atoms with Crippen molar-refractivity contribution in [2.45, 2.75) is 37.9 Å². The maximum absolute atomic E-state index is 9.24. The van der Waals surface area contributed by atoms with Gasteiger partial charge in [-0.2, -0.15) is 0 Å². The van der Waals surface area contributed by atoms with E-state index in [2.05, 4.69) is 5.16 Å². The Morgan fingerprint density at radius 1 is 1.62 bits per heavy atom. The van der Waals surface area contributed by atoms with Crippen molar-refractivity contribution in [3.8, 4) is 0 Å². The molecule has 1 N–H and O–H groups in total. The van der Waals surface area contributed by atoms with Gasteiger partial charge in [-0.05, 0) is 13.8 Å². The van der Waals surface area contributed by atoms with Gasteiger partial charge in [0.1, 0.15) is 5.76 Å². The number of thioether (sulfide) groups is 1. The molecule has 4 heteroatoms. The summed E-state index contributed by atoms with van der Waals surface area (Å²) in [6, 6.07) is 1.92. The molecule has 0 saturated heterocycles. The second-order valence-electron chi connectivity index (χ2n) is 3.19. The second-order valence-corrected chi connectivity index (χ2v) is 4.56. The third kappa shape index (κ3) is 3.40. The number of aryl methyl sites for hydroxylation is 1. The fraction of sp³-hybridized carbons (Fsp3) is 0.667. The monoisotopic (exact) mass is 201 g/mol. The van der Waals surface area contributed by atoms with Crippen LogP contribution < -0.4 is 0 Å². The van der Waals surface area contributed by atoms with Gasteiger partial charge in [0.25, 0.3) is 0 Å². The molecule has 0 saturated carbocycles. The van der Waals surface area contributed by atoms with Crippen LogP contribution in [0, 0.1) is 6.92 Å². The van der Waals surface area contributed by atoms with Gasteiger partial charge in [-0.3, -0.25) is 0 Å². The zero-order valence-corrected chi connectivity index (χ0v) is 8.97. The van der Waals surface area contributed by atoms with Gasteiger partial charge < -0.3 is 9.63 Å². The van der Waals surface area contributed by atoms with Crippen LogP contribution in [0.4, 0.5) is 0 Å². The summed E-state index contributed by atoms with van der Waals surface area (Å²) in [6.07, 6.45) is -0.283. The van der Waals surface area contributed by atoms with Crippen LogP contribution in [0.1, 0.15) is 25.3 Å². The molecule has 0 fully saturated rings. The Balaban J connectivity index is 2.35. The average Bonchev–Trinajstić information content (AvgIpc) is 2.47. The summed E-state index contributed by atoms with van der Waals surface area (Å²) in [7, 11) is 0. The predicted molar refractivity (Wildman–Crippen MR) is 53.7 cm³/mol. The first-order valence-electron chi connectivity index (χ1n) is 4.31. The molecule has 13 heavy (non-hydrogen) atoms. The minimum atomic E-state index is -0.283. The number of aromatic nitrogens is 1. The van der Waals surface area contributed by atoms with Gasteiger partial charge in [0.15, 0.2) is 0 Å². The number of hydrogen-bond acceptors (Lipinski definition) is 4. The van der Waals surface area contributed by atoms with Crippen LogP contribution in [-0.4, -0.2) is 21.6 Å². The molecule has 0 bridgehead atoms. The van der Waals surface area contributed by atoms with Crippen LogP contribution >= 0.6 is 11.8 Å². The van der Waals surface area contributed by atoms with Gasteiger partial charge in [0.2, 0.25) is 0 Å². The molecule has 0 aliphatic heterocycles. The Labute approximate surface area is 82.5 Å². The van der Waals surface area contributed by atoms with Crippen LogP contribution in [0.2, 0.25) is 0 Å². The van der Waals surface area contributed by atoms with Crippen molar-refractivity contribution in [1.29, 1.82) is 0 Å². The molecule has 3 nitrogen and oxygen atoms in total. The van der Waals surface area contributed by atoms with Crippen molar-refractivity contribution in [3.63, 3.8) is 0 Å². The number of aliphatic hydroxyl groups is 1. The minimum absolute atomic E-state index is 0.227. The Morgan fingerprint density at radius 3 is 2.77 bits per heavy atom. The van der Waals surface area contributed by atoms with Gasteiger partial charge >= 0.3 is 0 Å². The van der Waals surface area contributed by atoms with E-state index >= 15 is 0 Å². The lowest BCUT2D eigenvalue weighted by molar-refractivity contribution is 0.196. The van der Waals surface area contributed by atoms with E-state index in [-0.39, 0.29) is 11.4 Å². The fourth-order valence-electron chi connectivity index (χ4n) is 0.837. The molecule has 0 radical (unpaired) electrons. The molecule has 0 spiro atoms. The normalized spacial score (nSPS) is 15.7. The maximum atomic E-state index is 9.24. The number of hydrogen-bond donors (Lipinski definition) is 1. The molecule has 1 aromatic rings. The van der Waals surface area contributed by atoms with Crippen LogP contribution in [0.15, 0.2) is 10.6 Å². The van der Waals surface area contributed by atoms with E-state index in [1.54, 1.807) is 18.7 Å². The summed E-state index contributed by atoms with van der Waals surface area (Å²) in [5.74, 6) is 1.64. The zero-order chi connectivity index (χ0) is 9.84. The summed E-state index contributed by atoms with van der Waals surface area (Å²) >= 11 is 1.67. The van der Waals surface area contributed by atoms with E-state index in [4.69, 9.17) is 4.52 Å². The largest absolute Gasteiger partial charge is 0.392 e. The highest BCUT2D eigenvalue weighted by Crippen LogP contribution is 2.20. The SMILES string of the molecule is Cc1cc(CSC(C)C(C)O)on1. The average molecular weight is 201 g/mol. The van der Waals surface area contributed by atoms with E-state index < -0.39 is 0 Å². The van der Waals surface area contributed by atoms with Crippen LogP contribution in [-0.2, 0) is 5.75 Å². The lowest BCUT2D eigenvalue weighted by Crippen LogP contribution is -2.15. The van der Waals surface area contributed by atoms with Gasteiger partial charge in [0, 0.05) is 11.3 Å². The molecule has 1 heterocycles. The quantitative estimate of drug-likeness (QED) is 0.809. The molecular formula is C9H15NO2S. The highest BCUT2D eigenvalue weighted by molar-refractivity contribution is 7.99. The first-order valence-corrected chi connectivity index (χ1v) is 5.36. The van der Waals surface area contributed by atoms with Crippen molar-refractivity contribution in [2.24, 2.45) is 0 Å². The Hall–Kier alpha value is -0.480. The number of rotatable bonds is 4. The molecule has 0 amide bonds. The van der Waals surface area contributed by atoms with Crippen LogP contribution in [0.5, 0.6) is 0 Å². The topological polar surface area (TPSA) is 46.3 Å². The van der Waals surface area contributed by atoms with Gasteiger partial charge in [-0.15, -0.1) is 11.8 Å². The summed E-state index contributed by atoms with van der Waals surface area (Å²) in [4.78, 5) is 0. The van der Waals surface area contributed by atoms with E-state index in [0.717, 1.165) is 17.2 Å². The highest BCUT2D eigenvalue weighted by atomic mass is 32.2. The highest BCUT2D eigenvalue weighted by Gasteiger charge is 2.10. The minimum Gasteiger partial charge on any atom is -0.392 e. The van der Waals surface area contributed by atoms with Gasteiger partial charge in [0.05, 0.1) is 17.6 Å². The molecule has 74 valence electrons. The van der Waals surface area contributed by atoms with Crippen molar-refractivity contribution < 1.29 is 9.63 Å². The predicted octanol–water partition coefficient (Wildman–Crippen LogP) is 1.99. The van der Waals surface area contributed by atoms with Crippen LogP contribution in [0.25, 0.3) is 0 Å². The Kier molecular flexibility index (Phi) is 3.81. The maximum Gasteiger partial charge on any atom is 0.146 e. The summed E-state index contributed by atoms with van der Waals surface area (Å²) < 4.78 is 5.04. The van der Waals surface area contributed by atoms with Crippen LogP contribution in [0.3, 0.4) is 0 Å². The molecule has 2 atom stereocenters. The molecular weight excluding hydrogens is 186 g/mol. The summed E-state index contributed by atoms with van der Waals surface area (Å²) in [5.41, 5.74) is 0.903.